The van der Waals surface area contributed by atoms with E-state index in [1.165, 1.54) is 0 Å². The van der Waals surface area contributed by atoms with Gasteiger partial charge in [-0.2, -0.15) is 16.8 Å². The van der Waals surface area contributed by atoms with Crippen molar-refractivity contribution in [3.63, 3.8) is 0 Å². The second kappa shape index (κ2) is 8.23. The molecule has 0 unspecified atom stereocenters. The van der Waals surface area contributed by atoms with E-state index in [4.69, 9.17) is 35.8 Å². The van der Waals surface area contributed by atoms with Crippen molar-refractivity contribution in [1.82, 2.24) is 0 Å². The summed E-state index contributed by atoms with van der Waals surface area (Å²) in [5.74, 6) is 0. The van der Waals surface area contributed by atoms with E-state index in [2.05, 4.69) is 4.33 Å². The van der Waals surface area contributed by atoms with E-state index in [9.17, 15) is 0 Å². The largest absolute Gasteiger partial charge is 0.423 e. The van der Waals surface area contributed by atoms with Gasteiger partial charge >= 0.3 is 20.8 Å². The Bertz CT molecular complexity index is 255. The van der Waals surface area contributed by atoms with E-state index in [0.29, 0.717) is 0 Å². The van der Waals surface area contributed by atoms with Crippen molar-refractivity contribution in [2.24, 2.45) is 0 Å². The highest BCUT2D eigenvalue weighted by Gasteiger charge is 1.97. The molecule has 0 atom stereocenters. The Morgan fingerprint density at radius 1 is 0.846 bits per heavy atom. The van der Waals surface area contributed by atoms with Gasteiger partial charge in [-0.25, -0.2) is 5.26 Å². The molecule has 0 amide bonds. The zero-order chi connectivity index (χ0) is 9.71. The molecule has 0 aromatic rings. The smallest absolute Gasteiger partial charge is 0.412 e. The van der Waals surface area contributed by atoms with E-state index in [1.807, 2.05) is 0 Å². The lowest BCUT2D eigenvalue weighted by Gasteiger charge is -1.79. The average Bonchev–Trinajstić information content (AvgIpc) is 1.59. The molecule has 0 aromatic carbocycles. The minimum Gasteiger partial charge on any atom is -0.412 e. The van der Waals surface area contributed by atoms with Gasteiger partial charge in [-0.15, -0.1) is 0 Å². The Morgan fingerprint density at radius 2 is 0.923 bits per heavy atom. The topological polar surface area (TPSA) is 221 Å². The van der Waals surface area contributed by atoms with Crippen molar-refractivity contribution in [2.45, 2.75) is 0 Å². The van der Waals surface area contributed by atoms with Crippen LogP contribution in [0.3, 0.4) is 0 Å². The van der Waals surface area contributed by atoms with Gasteiger partial charge in [-0.1, -0.05) is 4.33 Å². The van der Waals surface area contributed by atoms with Gasteiger partial charge in [-0.3, -0.25) is 13.7 Å². The first-order valence-electron chi connectivity index (χ1n) is 1.56. The molecule has 13 heteroatoms. The lowest BCUT2D eigenvalue weighted by atomic mass is 15.0. The average molecular weight is 248 g/mol. The van der Waals surface area contributed by atoms with Crippen LogP contribution in [0.15, 0.2) is 0 Å². The van der Waals surface area contributed by atoms with Gasteiger partial charge in [0, 0.05) is 0 Å². The molecule has 0 aliphatic rings. The first kappa shape index (κ1) is 22.9. The van der Waals surface area contributed by atoms with Crippen LogP contribution in [0.25, 0.3) is 0 Å². The predicted molar refractivity (Wildman–Crippen MR) is 36.7 cm³/mol. The quantitative estimate of drug-likeness (QED) is 0.210. The molecule has 0 aromatic heterocycles. The fraction of sp³-hybridized carbons (Fsp3) is 0. The molecule has 0 aliphatic carbocycles. The molecule has 0 fully saturated rings. The highest BCUT2D eigenvalue weighted by Crippen LogP contribution is 1.74. The summed E-state index contributed by atoms with van der Waals surface area (Å²) in [6.07, 6.45) is 0. The minimum atomic E-state index is -4.67. The fourth-order valence-corrected chi connectivity index (χ4v) is 0. The third-order valence-electron chi connectivity index (χ3n) is 0.0942. The zero-order valence-electron chi connectivity index (χ0n) is 5.65. The van der Waals surface area contributed by atoms with E-state index in [-0.39, 0.29) is 11.0 Å². The Labute approximate surface area is 72.6 Å². The fourth-order valence-electron chi connectivity index (χ4n) is 0. The van der Waals surface area contributed by atoms with E-state index in [1.54, 1.807) is 0 Å². The highest BCUT2D eigenvalue weighted by atomic mass is 32.3. The summed E-state index contributed by atoms with van der Waals surface area (Å²) < 4.78 is 59.5. The van der Waals surface area contributed by atoms with Gasteiger partial charge in [0.15, 0.2) is 0 Å². The normalized spacial score (nSPS) is 9.85. The summed E-state index contributed by atoms with van der Waals surface area (Å²) in [5, 5.41) is 7.06. The lowest BCUT2D eigenvalue weighted by molar-refractivity contribution is -0.139. The van der Waals surface area contributed by atoms with Gasteiger partial charge in [-0.05, 0) is 0 Å². The monoisotopic (exact) mass is 248 g/mol. The molecule has 86 valence electrons. The maximum atomic E-state index is 9.08. The third kappa shape index (κ3) is 157. The number of rotatable bonds is 1. The Hall–Kier alpha value is -0.380. The van der Waals surface area contributed by atoms with Crippen LogP contribution >= 0.6 is 0 Å². The minimum absolute atomic E-state index is 0. The van der Waals surface area contributed by atoms with Crippen molar-refractivity contribution >= 4 is 20.8 Å². The van der Waals surface area contributed by atoms with Gasteiger partial charge < -0.3 is 11.0 Å². The standard InChI is InChI=1S/H2O5S.H2O4S.2H2O/c1-5-6(2,3)4;1-5(2,3)4;;/h1H,(H,2,3,4);(H2,1,2,3,4);2*1H2. The molecule has 0 rings (SSSR count). The Balaban J connectivity index is -0.0000000546. The maximum Gasteiger partial charge on any atom is 0.423 e. The van der Waals surface area contributed by atoms with Crippen LogP contribution in [0.1, 0.15) is 0 Å². The van der Waals surface area contributed by atoms with Crippen LogP contribution < -0.4 is 0 Å². The summed E-state index contributed by atoms with van der Waals surface area (Å²) in [4.78, 5) is 0. The Kier molecular flexibility index (Phi) is 14.5. The van der Waals surface area contributed by atoms with Gasteiger partial charge in [0.05, 0.1) is 0 Å². The van der Waals surface area contributed by atoms with Gasteiger partial charge in [0.2, 0.25) is 0 Å². The van der Waals surface area contributed by atoms with Crippen molar-refractivity contribution in [2.75, 3.05) is 0 Å². The van der Waals surface area contributed by atoms with Crippen molar-refractivity contribution in [3.8, 4) is 0 Å². The molecule has 8 N–H and O–H groups in total. The molecule has 13 heavy (non-hydrogen) atoms. The first-order chi connectivity index (χ1) is 4.56. The molecule has 0 bridgehead atoms. The molecule has 0 radical (unpaired) electrons. The zero-order valence-corrected chi connectivity index (χ0v) is 7.28. The second-order valence-electron chi connectivity index (χ2n) is 0.950. The van der Waals surface area contributed by atoms with Crippen molar-refractivity contribution in [3.05, 3.63) is 0 Å². The van der Waals surface area contributed by atoms with Crippen molar-refractivity contribution < 1.29 is 51.0 Å². The first-order valence-corrected chi connectivity index (χ1v) is 4.33. The molecule has 11 nitrogen and oxygen atoms in total. The van der Waals surface area contributed by atoms with Crippen LogP contribution in [0.5, 0.6) is 0 Å². The van der Waals surface area contributed by atoms with Gasteiger partial charge in [0.25, 0.3) is 0 Å². The predicted octanol–water partition coefficient (Wildman–Crippen LogP) is -3.02. The number of hydrogen-bond donors (Lipinski definition) is 4. The lowest BCUT2D eigenvalue weighted by Crippen LogP contribution is -1.97. The molecular weight excluding hydrogens is 240 g/mol. The molecule has 0 saturated heterocycles. The van der Waals surface area contributed by atoms with Crippen LogP contribution in [0, 0.1) is 0 Å². The Morgan fingerprint density at radius 3 is 0.923 bits per heavy atom. The molecule has 0 spiro atoms. The van der Waals surface area contributed by atoms with E-state index >= 15 is 0 Å². The summed E-state index contributed by atoms with van der Waals surface area (Å²) in [7, 11) is -9.27. The second-order valence-corrected chi connectivity index (χ2v) is 2.85. The number of hydrogen-bond acceptors (Lipinski definition) is 6. The molecule has 0 saturated carbocycles. The molecule has 0 heterocycles. The maximum absolute atomic E-state index is 9.08. The van der Waals surface area contributed by atoms with Crippen molar-refractivity contribution in [1.29, 1.82) is 0 Å². The molecular formula is H8O11S2. The summed E-state index contributed by atoms with van der Waals surface area (Å²) in [6, 6.07) is 0. The third-order valence-corrected chi connectivity index (χ3v) is 0.283. The summed E-state index contributed by atoms with van der Waals surface area (Å²) >= 11 is 0. The van der Waals surface area contributed by atoms with Crippen LogP contribution in [-0.2, 0) is 25.1 Å². The highest BCUT2D eigenvalue weighted by molar-refractivity contribution is 7.80. The molecule has 0 aliphatic heterocycles. The summed E-state index contributed by atoms with van der Waals surface area (Å²) in [5.41, 5.74) is 0. The SMILES string of the molecule is O.O.O=S(=O)(O)O.O=S(=O)(O)OO. The van der Waals surface area contributed by atoms with E-state index < -0.39 is 20.8 Å². The van der Waals surface area contributed by atoms with Crippen LogP contribution in [0.4, 0.5) is 0 Å². The van der Waals surface area contributed by atoms with Crippen LogP contribution in [-0.4, -0.2) is 46.7 Å². The van der Waals surface area contributed by atoms with E-state index in [0.717, 1.165) is 0 Å². The van der Waals surface area contributed by atoms with Crippen LogP contribution in [0.2, 0.25) is 0 Å². The van der Waals surface area contributed by atoms with Gasteiger partial charge in [0.1, 0.15) is 0 Å². The summed E-state index contributed by atoms with van der Waals surface area (Å²) in [6.45, 7) is 0.